The van der Waals surface area contributed by atoms with Crippen LogP contribution in [0.4, 0.5) is 5.82 Å². The fraction of sp³-hybridized carbons (Fsp3) is 0.250. The van der Waals surface area contributed by atoms with Gasteiger partial charge in [-0.25, -0.2) is 13.4 Å². The Bertz CT molecular complexity index is 809. The maximum absolute atomic E-state index is 12.7. The number of hydrogen-bond acceptors (Lipinski definition) is 4. The summed E-state index contributed by atoms with van der Waals surface area (Å²) in [6.45, 7) is 0.540. The van der Waals surface area contributed by atoms with Crippen molar-refractivity contribution in [2.45, 2.75) is 17.2 Å². The molecule has 1 atom stereocenters. The second kappa shape index (κ2) is 6.68. The molecule has 2 heterocycles. The van der Waals surface area contributed by atoms with Crippen molar-refractivity contribution in [3.8, 4) is 0 Å². The molecule has 122 valence electrons. The molecule has 0 spiro atoms. The molecule has 0 aliphatic carbocycles. The lowest BCUT2D eigenvalue weighted by Gasteiger charge is -2.16. The van der Waals surface area contributed by atoms with E-state index in [1.54, 1.807) is 47.5 Å². The first-order chi connectivity index (χ1) is 10.5. The number of anilines is 1. The summed E-state index contributed by atoms with van der Waals surface area (Å²) in [6.07, 6.45) is 3.39. The number of carbonyl (C=O) groups excluding carboxylic acids is 1. The van der Waals surface area contributed by atoms with Crippen LogP contribution in [-0.2, 0) is 14.6 Å². The Hall–Kier alpha value is -1.92. The van der Waals surface area contributed by atoms with E-state index in [1.165, 1.54) is 6.26 Å². The van der Waals surface area contributed by atoms with E-state index < -0.39 is 15.8 Å². The normalized spacial score (nSPS) is 17.9. The van der Waals surface area contributed by atoms with Crippen molar-refractivity contribution in [2.24, 2.45) is 0 Å². The number of hydrogen-bond donors (Lipinski definition) is 0. The maximum atomic E-state index is 12.7. The van der Waals surface area contributed by atoms with Crippen LogP contribution in [0.1, 0.15) is 17.9 Å². The summed E-state index contributed by atoms with van der Waals surface area (Å²) in [5, 5.41) is 0. The first-order valence-electron chi connectivity index (χ1n) is 7.00. The molecule has 1 aromatic carbocycles. The second-order valence-electron chi connectivity index (χ2n) is 5.33. The zero-order valence-corrected chi connectivity index (χ0v) is 14.2. The fourth-order valence-electron chi connectivity index (χ4n) is 2.82. The zero-order valence-electron chi connectivity index (χ0n) is 12.5. The molecule has 1 fully saturated rings. The van der Waals surface area contributed by atoms with Gasteiger partial charge in [-0.3, -0.25) is 9.69 Å². The van der Waals surface area contributed by atoms with Crippen LogP contribution < -0.4 is 4.90 Å². The molecular formula is C16H17ClN2O3S. The molecule has 3 rings (SSSR count). The van der Waals surface area contributed by atoms with Crippen LogP contribution in [0.25, 0.3) is 0 Å². The van der Waals surface area contributed by atoms with Crippen LogP contribution in [0.5, 0.6) is 0 Å². The van der Waals surface area contributed by atoms with Gasteiger partial charge >= 0.3 is 0 Å². The first-order valence-corrected chi connectivity index (χ1v) is 8.89. The van der Waals surface area contributed by atoms with Gasteiger partial charge in [0.05, 0.1) is 10.8 Å². The topological polar surface area (TPSA) is 67.3 Å². The van der Waals surface area contributed by atoms with E-state index in [4.69, 9.17) is 0 Å². The highest BCUT2D eigenvalue weighted by Gasteiger charge is 2.36. The molecule has 1 aliphatic rings. The summed E-state index contributed by atoms with van der Waals surface area (Å²) in [5.74, 6) is 0.0644. The van der Waals surface area contributed by atoms with Crippen molar-refractivity contribution in [1.29, 1.82) is 0 Å². The van der Waals surface area contributed by atoms with Crippen LogP contribution in [0, 0.1) is 0 Å². The minimum atomic E-state index is -3.36. The molecule has 0 N–H and O–H groups in total. The zero-order chi connectivity index (χ0) is 15.7. The third-order valence-corrected chi connectivity index (χ3v) is 5.00. The van der Waals surface area contributed by atoms with Crippen molar-refractivity contribution < 1.29 is 13.2 Å². The molecule has 2 aromatic rings. The van der Waals surface area contributed by atoms with Crippen molar-refractivity contribution >= 4 is 34.0 Å². The first kappa shape index (κ1) is 17.4. The van der Waals surface area contributed by atoms with E-state index in [0.29, 0.717) is 24.3 Å². The number of aromatic nitrogens is 1. The number of sulfone groups is 1. The van der Waals surface area contributed by atoms with Gasteiger partial charge < -0.3 is 0 Å². The Morgan fingerprint density at radius 2 is 1.83 bits per heavy atom. The maximum Gasteiger partial charge on any atom is 0.235 e. The number of nitrogens with zero attached hydrogens (tertiary/aromatic N) is 2. The Morgan fingerprint density at radius 1 is 1.13 bits per heavy atom. The highest BCUT2D eigenvalue weighted by Crippen LogP contribution is 2.34. The highest BCUT2D eigenvalue weighted by atomic mass is 35.5. The summed E-state index contributed by atoms with van der Waals surface area (Å²) in [7, 11) is -3.36. The largest absolute Gasteiger partial charge is 0.296 e. The summed E-state index contributed by atoms with van der Waals surface area (Å²) in [6, 6.07) is 12.1. The van der Waals surface area contributed by atoms with E-state index in [9.17, 15) is 13.2 Å². The number of pyridine rings is 1. The number of benzene rings is 1. The lowest BCUT2D eigenvalue weighted by molar-refractivity contribution is -0.118. The number of amides is 1. The highest BCUT2D eigenvalue weighted by molar-refractivity contribution is 7.90. The van der Waals surface area contributed by atoms with Crippen molar-refractivity contribution in [2.75, 3.05) is 17.7 Å². The average molecular weight is 353 g/mol. The quantitative estimate of drug-likeness (QED) is 0.850. The van der Waals surface area contributed by atoms with E-state index in [-0.39, 0.29) is 23.2 Å². The van der Waals surface area contributed by atoms with Crippen LogP contribution >= 0.6 is 12.4 Å². The summed E-state index contributed by atoms with van der Waals surface area (Å²) in [4.78, 5) is 18.7. The molecular weight excluding hydrogens is 336 g/mol. The van der Waals surface area contributed by atoms with Gasteiger partial charge in [-0.05, 0) is 30.2 Å². The van der Waals surface area contributed by atoms with Gasteiger partial charge in [0.25, 0.3) is 0 Å². The van der Waals surface area contributed by atoms with Gasteiger partial charge in [-0.2, -0.15) is 0 Å². The predicted octanol–water partition coefficient (Wildman–Crippen LogP) is 2.43. The van der Waals surface area contributed by atoms with E-state index in [2.05, 4.69) is 4.98 Å². The number of carbonyl (C=O) groups is 1. The van der Waals surface area contributed by atoms with Crippen molar-refractivity contribution in [1.82, 2.24) is 4.98 Å². The lowest BCUT2D eigenvalue weighted by Crippen LogP contribution is -2.27. The molecule has 1 saturated heterocycles. The second-order valence-corrected chi connectivity index (χ2v) is 7.31. The molecule has 0 bridgehead atoms. The molecule has 0 saturated carbocycles. The van der Waals surface area contributed by atoms with Gasteiger partial charge in [0.2, 0.25) is 5.91 Å². The third kappa shape index (κ3) is 3.38. The summed E-state index contributed by atoms with van der Waals surface area (Å²) >= 11 is 0. The molecule has 1 unspecified atom stereocenters. The smallest absolute Gasteiger partial charge is 0.235 e. The van der Waals surface area contributed by atoms with Crippen molar-refractivity contribution in [3.63, 3.8) is 0 Å². The van der Waals surface area contributed by atoms with E-state index >= 15 is 0 Å². The SMILES string of the molecule is CS(=O)(=O)c1ccccc1C1CCN(c2ccccn2)C1=O.Cl. The summed E-state index contributed by atoms with van der Waals surface area (Å²) < 4.78 is 23.9. The monoisotopic (exact) mass is 352 g/mol. The van der Waals surface area contributed by atoms with Gasteiger partial charge in [-0.15, -0.1) is 12.4 Å². The molecule has 0 radical (unpaired) electrons. The Kier molecular flexibility index (Phi) is 5.06. The van der Waals surface area contributed by atoms with Gasteiger partial charge in [0.1, 0.15) is 5.82 Å². The molecule has 7 heteroatoms. The van der Waals surface area contributed by atoms with Crippen LogP contribution in [0.2, 0.25) is 0 Å². The Labute approximate surface area is 141 Å². The Morgan fingerprint density at radius 3 is 2.48 bits per heavy atom. The van der Waals surface area contributed by atoms with Gasteiger partial charge in [0.15, 0.2) is 9.84 Å². The van der Waals surface area contributed by atoms with E-state index in [0.717, 1.165) is 0 Å². The predicted molar refractivity (Wildman–Crippen MR) is 90.7 cm³/mol. The minimum Gasteiger partial charge on any atom is -0.296 e. The summed E-state index contributed by atoms with van der Waals surface area (Å²) in [5.41, 5.74) is 0.577. The molecule has 1 aliphatic heterocycles. The average Bonchev–Trinajstić information content (AvgIpc) is 2.89. The molecule has 1 amide bonds. The third-order valence-electron chi connectivity index (χ3n) is 3.83. The fourth-order valence-corrected chi connectivity index (χ4v) is 3.78. The lowest BCUT2D eigenvalue weighted by atomic mass is 9.98. The standard InChI is InChI=1S/C16H16N2O3S.ClH/c1-22(20,21)14-7-3-2-6-12(14)13-9-11-18(16(13)19)15-8-4-5-10-17-15;/h2-8,10,13H,9,11H2,1H3;1H. The van der Waals surface area contributed by atoms with Crippen LogP contribution in [-0.4, -0.2) is 32.1 Å². The van der Waals surface area contributed by atoms with Crippen LogP contribution in [0.3, 0.4) is 0 Å². The Balaban J connectivity index is 0.00000192. The molecule has 1 aromatic heterocycles. The molecule has 23 heavy (non-hydrogen) atoms. The van der Waals surface area contributed by atoms with Gasteiger partial charge in [-0.1, -0.05) is 24.3 Å². The van der Waals surface area contributed by atoms with Crippen LogP contribution in [0.15, 0.2) is 53.6 Å². The van der Waals surface area contributed by atoms with E-state index in [1.807, 2.05) is 6.07 Å². The number of halogens is 1. The molecule has 5 nitrogen and oxygen atoms in total. The van der Waals surface area contributed by atoms with Crippen molar-refractivity contribution in [3.05, 3.63) is 54.2 Å². The number of rotatable bonds is 3. The van der Waals surface area contributed by atoms with Gasteiger partial charge in [0, 0.05) is 19.0 Å². The minimum absolute atomic E-state index is 0.